The van der Waals surface area contributed by atoms with Crippen LogP contribution >= 0.6 is 0 Å². The second kappa shape index (κ2) is 8.15. The van der Waals surface area contributed by atoms with Gasteiger partial charge in [0.05, 0.1) is 0 Å². The molecule has 0 fully saturated rings. The van der Waals surface area contributed by atoms with Crippen LogP contribution in [0.2, 0.25) is 0 Å². The Balaban J connectivity index is 2.98. The minimum atomic E-state index is 0.455. The van der Waals surface area contributed by atoms with Crippen molar-refractivity contribution in [1.82, 2.24) is 5.32 Å². The van der Waals surface area contributed by atoms with Crippen LogP contribution in [0.25, 0.3) is 0 Å². The first-order valence-corrected chi connectivity index (χ1v) is 7.29. The van der Waals surface area contributed by atoms with Crippen LogP contribution in [0.15, 0.2) is 24.3 Å². The van der Waals surface area contributed by atoms with E-state index in [0.717, 1.165) is 19.5 Å². The van der Waals surface area contributed by atoms with Crippen molar-refractivity contribution in [3.8, 4) is 0 Å². The highest BCUT2D eigenvalue weighted by Gasteiger charge is 2.14. The molecule has 0 aliphatic heterocycles. The Morgan fingerprint density at radius 1 is 1.17 bits per heavy atom. The summed E-state index contributed by atoms with van der Waals surface area (Å²) in [4.78, 5) is 2.50. The molecule has 0 aromatic heterocycles. The van der Waals surface area contributed by atoms with Gasteiger partial charge in [-0.25, -0.2) is 0 Å². The van der Waals surface area contributed by atoms with Crippen molar-refractivity contribution in [3.05, 3.63) is 29.8 Å². The Labute approximate surface area is 112 Å². The zero-order valence-corrected chi connectivity index (χ0v) is 12.4. The van der Waals surface area contributed by atoms with Crippen LogP contribution < -0.4 is 10.2 Å². The highest BCUT2D eigenvalue weighted by Crippen LogP contribution is 2.28. The maximum Gasteiger partial charge on any atom is 0.0414 e. The van der Waals surface area contributed by atoms with Crippen LogP contribution in [0.3, 0.4) is 0 Å². The largest absolute Gasteiger partial charge is 0.372 e. The van der Waals surface area contributed by atoms with E-state index in [1.807, 2.05) is 7.05 Å². The summed E-state index contributed by atoms with van der Waals surface area (Å²) in [5.41, 5.74) is 2.83. The Morgan fingerprint density at radius 2 is 1.89 bits per heavy atom. The van der Waals surface area contributed by atoms with E-state index in [1.54, 1.807) is 0 Å². The minimum absolute atomic E-state index is 0.455. The number of nitrogens with one attached hydrogen (secondary N) is 1. The predicted molar refractivity (Wildman–Crippen MR) is 81.3 cm³/mol. The van der Waals surface area contributed by atoms with Gasteiger partial charge in [0.25, 0.3) is 0 Å². The summed E-state index contributed by atoms with van der Waals surface area (Å²) in [6.45, 7) is 8.97. The fraction of sp³-hybridized carbons (Fsp3) is 0.625. The average Bonchev–Trinajstić information content (AvgIpc) is 2.42. The fourth-order valence-electron chi connectivity index (χ4n) is 2.45. The molecule has 0 bridgehead atoms. The third kappa shape index (κ3) is 3.74. The van der Waals surface area contributed by atoms with E-state index >= 15 is 0 Å². The Hall–Kier alpha value is -1.02. The molecule has 1 aromatic rings. The van der Waals surface area contributed by atoms with Crippen molar-refractivity contribution in [3.63, 3.8) is 0 Å². The number of hydrogen-bond donors (Lipinski definition) is 1. The van der Waals surface area contributed by atoms with Crippen molar-refractivity contribution in [1.29, 1.82) is 0 Å². The maximum absolute atomic E-state index is 3.42. The lowest BCUT2D eigenvalue weighted by Gasteiger charge is -2.28. The molecule has 0 amide bonds. The van der Waals surface area contributed by atoms with Gasteiger partial charge < -0.3 is 10.2 Å². The molecule has 0 saturated carbocycles. The van der Waals surface area contributed by atoms with Gasteiger partial charge in [0, 0.05) is 24.8 Å². The maximum atomic E-state index is 3.42. The number of benzene rings is 1. The fourth-order valence-corrected chi connectivity index (χ4v) is 2.45. The molecule has 2 heteroatoms. The van der Waals surface area contributed by atoms with Gasteiger partial charge in [-0.1, -0.05) is 38.5 Å². The third-order valence-electron chi connectivity index (χ3n) is 3.57. The molecule has 0 heterocycles. The van der Waals surface area contributed by atoms with Gasteiger partial charge in [-0.2, -0.15) is 0 Å². The second-order valence-electron chi connectivity index (χ2n) is 4.74. The van der Waals surface area contributed by atoms with E-state index in [2.05, 4.69) is 55.3 Å². The monoisotopic (exact) mass is 248 g/mol. The van der Waals surface area contributed by atoms with Crippen molar-refractivity contribution in [2.75, 3.05) is 25.0 Å². The molecule has 0 aliphatic carbocycles. The lowest BCUT2D eigenvalue weighted by Crippen LogP contribution is -2.27. The van der Waals surface area contributed by atoms with Crippen LogP contribution in [-0.4, -0.2) is 20.1 Å². The summed E-state index contributed by atoms with van der Waals surface area (Å²) in [5, 5.41) is 3.42. The molecule has 1 N–H and O–H groups in total. The van der Waals surface area contributed by atoms with E-state index in [0.29, 0.717) is 6.04 Å². The average molecular weight is 248 g/mol. The van der Waals surface area contributed by atoms with E-state index < -0.39 is 0 Å². The first kappa shape index (κ1) is 15.0. The van der Waals surface area contributed by atoms with Crippen LogP contribution in [0.4, 0.5) is 5.69 Å². The predicted octanol–water partition coefficient (Wildman–Crippen LogP) is 3.98. The van der Waals surface area contributed by atoms with E-state index in [1.165, 1.54) is 24.1 Å². The van der Waals surface area contributed by atoms with Crippen molar-refractivity contribution in [2.24, 2.45) is 0 Å². The number of unbranched alkanes of at least 4 members (excludes halogenated alkanes) is 1. The first-order chi connectivity index (χ1) is 8.78. The molecular formula is C16H28N2. The quantitative estimate of drug-likeness (QED) is 0.748. The molecule has 1 unspecified atom stereocenters. The Kier molecular flexibility index (Phi) is 6.81. The number of rotatable bonds is 8. The molecule has 1 aromatic carbocycles. The van der Waals surface area contributed by atoms with Crippen molar-refractivity contribution in [2.45, 2.75) is 46.1 Å². The van der Waals surface area contributed by atoms with Gasteiger partial charge in [0.1, 0.15) is 0 Å². The third-order valence-corrected chi connectivity index (χ3v) is 3.57. The highest BCUT2D eigenvalue weighted by molar-refractivity contribution is 5.55. The molecule has 1 atom stereocenters. The summed E-state index contributed by atoms with van der Waals surface area (Å²) in [6, 6.07) is 9.27. The zero-order chi connectivity index (χ0) is 13.4. The summed E-state index contributed by atoms with van der Waals surface area (Å²) in [7, 11) is 2.05. The molecule has 18 heavy (non-hydrogen) atoms. The Bertz CT molecular complexity index is 332. The molecule has 0 radical (unpaired) electrons. The van der Waals surface area contributed by atoms with Gasteiger partial charge in [0.15, 0.2) is 0 Å². The van der Waals surface area contributed by atoms with Gasteiger partial charge in [0.2, 0.25) is 0 Å². The highest BCUT2D eigenvalue weighted by atomic mass is 15.1. The molecule has 1 rings (SSSR count). The SMILES string of the molecule is CCCCN(CC)c1ccccc1C(CC)NC. The lowest BCUT2D eigenvalue weighted by molar-refractivity contribution is 0.574. The van der Waals surface area contributed by atoms with Crippen LogP contribution in [-0.2, 0) is 0 Å². The summed E-state index contributed by atoms with van der Waals surface area (Å²) in [6.07, 6.45) is 3.64. The van der Waals surface area contributed by atoms with Crippen LogP contribution in [0.1, 0.15) is 51.6 Å². The number of nitrogens with zero attached hydrogens (tertiary/aromatic N) is 1. The second-order valence-corrected chi connectivity index (χ2v) is 4.74. The van der Waals surface area contributed by atoms with Gasteiger partial charge >= 0.3 is 0 Å². The molecule has 2 nitrogen and oxygen atoms in total. The Morgan fingerprint density at radius 3 is 2.44 bits per heavy atom. The standard InChI is InChI=1S/C16H28N2/c1-5-8-13-18(7-3)16-12-10-9-11-14(16)15(6-2)17-4/h9-12,15,17H,5-8,13H2,1-4H3. The first-order valence-electron chi connectivity index (χ1n) is 7.29. The van der Waals surface area contributed by atoms with Crippen molar-refractivity contribution < 1.29 is 0 Å². The van der Waals surface area contributed by atoms with E-state index in [9.17, 15) is 0 Å². The van der Waals surface area contributed by atoms with Crippen LogP contribution in [0.5, 0.6) is 0 Å². The number of para-hydroxylation sites is 1. The van der Waals surface area contributed by atoms with Gasteiger partial charge in [-0.15, -0.1) is 0 Å². The lowest BCUT2D eigenvalue weighted by atomic mass is 10.0. The summed E-state index contributed by atoms with van der Waals surface area (Å²) < 4.78 is 0. The molecule has 0 aliphatic rings. The van der Waals surface area contributed by atoms with Gasteiger partial charge in [-0.05, 0) is 38.4 Å². The molecule has 0 spiro atoms. The molecule has 102 valence electrons. The summed E-state index contributed by atoms with van der Waals surface area (Å²) in [5.74, 6) is 0. The zero-order valence-electron chi connectivity index (χ0n) is 12.4. The van der Waals surface area contributed by atoms with E-state index in [-0.39, 0.29) is 0 Å². The smallest absolute Gasteiger partial charge is 0.0414 e. The normalized spacial score (nSPS) is 12.4. The van der Waals surface area contributed by atoms with Crippen molar-refractivity contribution >= 4 is 5.69 Å². The number of hydrogen-bond acceptors (Lipinski definition) is 2. The summed E-state index contributed by atoms with van der Waals surface area (Å²) >= 11 is 0. The van der Waals surface area contributed by atoms with Crippen LogP contribution in [0, 0.1) is 0 Å². The molecular weight excluding hydrogens is 220 g/mol. The molecule has 0 saturated heterocycles. The van der Waals surface area contributed by atoms with E-state index in [4.69, 9.17) is 0 Å². The van der Waals surface area contributed by atoms with Gasteiger partial charge in [-0.3, -0.25) is 0 Å². The minimum Gasteiger partial charge on any atom is -0.372 e. The topological polar surface area (TPSA) is 15.3 Å². The number of anilines is 1.